The maximum atomic E-state index is 13.3. The van der Waals surface area contributed by atoms with Crippen LogP contribution in [0, 0.1) is 0 Å². The van der Waals surface area contributed by atoms with Crippen LogP contribution in [-0.2, 0) is 9.84 Å². The largest absolute Gasteiger partial charge is 0.497 e. The van der Waals surface area contributed by atoms with E-state index in [0.29, 0.717) is 27.8 Å². The highest BCUT2D eigenvalue weighted by atomic mass is 35.5. The van der Waals surface area contributed by atoms with Gasteiger partial charge in [-0.1, -0.05) is 11.6 Å². The van der Waals surface area contributed by atoms with Gasteiger partial charge in [0.2, 0.25) is 0 Å². The Hall–Kier alpha value is -2.51. The molecule has 0 saturated heterocycles. The molecule has 1 unspecified atom stereocenters. The van der Waals surface area contributed by atoms with Gasteiger partial charge >= 0.3 is 0 Å². The number of carbonyl (C=O) groups excluding carboxylic acids is 1. The maximum Gasteiger partial charge on any atom is 0.259 e. The van der Waals surface area contributed by atoms with Crippen molar-refractivity contribution in [1.29, 1.82) is 0 Å². The van der Waals surface area contributed by atoms with Crippen molar-refractivity contribution in [2.45, 2.75) is 6.04 Å². The molecule has 27 heavy (non-hydrogen) atoms. The van der Waals surface area contributed by atoms with Crippen LogP contribution in [0.2, 0.25) is 5.02 Å². The molecule has 2 aromatic rings. The smallest absolute Gasteiger partial charge is 0.259 e. The highest BCUT2D eigenvalue weighted by Gasteiger charge is 2.32. The first-order valence-electron chi connectivity index (χ1n) is 8.06. The molecule has 1 aliphatic rings. The van der Waals surface area contributed by atoms with Crippen LogP contribution in [0.15, 0.2) is 53.9 Å². The molecule has 3 rings (SSSR count). The number of amides is 1. The number of sulfone groups is 1. The lowest BCUT2D eigenvalue weighted by Crippen LogP contribution is -2.41. The van der Waals surface area contributed by atoms with Crippen LogP contribution in [0.25, 0.3) is 0 Å². The van der Waals surface area contributed by atoms with E-state index >= 15 is 0 Å². The third kappa shape index (κ3) is 4.26. The molecular weight excluding hydrogens is 390 g/mol. The first kappa shape index (κ1) is 19.3. The number of hydrogen-bond donors (Lipinski definition) is 0. The van der Waals surface area contributed by atoms with Gasteiger partial charge < -0.3 is 14.4 Å². The van der Waals surface area contributed by atoms with Crippen LogP contribution in [-0.4, -0.2) is 40.3 Å². The lowest BCUT2D eigenvalue weighted by molar-refractivity contribution is 0.0982. The first-order valence-corrected chi connectivity index (χ1v) is 10.2. The molecule has 6 nitrogen and oxygen atoms in total. The van der Waals surface area contributed by atoms with Crippen molar-refractivity contribution < 1.29 is 22.7 Å². The summed E-state index contributed by atoms with van der Waals surface area (Å²) in [5.74, 6) is 0.371. The molecule has 0 saturated carbocycles. The molecule has 0 aliphatic carbocycles. The molecule has 0 N–H and O–H groups in total. The summed E-state index contributed by atoms with van der Waals surface area (Å²) in [6, 6.07) is 10.9. The molecule has 0 bridgehead atoms. The van der Waals surface area contributed by atoms with Gasteiger partial charge in [0.25, 0.3) is 5.91 Å². The number of ether oxygens (including phenoxy) is 2. The van der Waals surface area contributed by atoms with Gasteiger partial charge in [0.15, 0.2) is 9.84 Å². The monoisotopic (exact) mass is 407 g/mol. The van der Waals surface area contributed by atoms with Crippen LogP contribution in [0.5, 0.6) is 11.5 Å². The summed E-state index contributed by atoms with van der Waals surface area (Å²) in [7, 11) is -0.363. The third-order valence-corrected chi connectivity index (χ3v) is 5.79. The predicted molar refractivity (Wildman–Crippen MR) is 105 cm³/mol. The summed E-state index contributed by atoms with van der Waals surface area (Å²) in [5.41, 5.74) is 0.858. The summed E-state index contributed by atoms with van der Waals surface area (Å²) in [6.45, 7) is 0. The van der Waals surface area contributed by atoms with E-state index in [1.807, 2.05) is 0 Å². The second-order valence-electron chi connectivity index (χ2n) is 5.98. The molecule has 0 spiro atoms. The van der Waals surface area contributed by atoms with Crippen molar-refractivity contribution in [2.75, 3.05) is 24.9 Å². The van der Waals surface area contributed by atoms with Gasteiger partial charge in [-0.25, -0.2) is 8.42 Å². The summed E-state index contributed by atoms with van der Waals surface area (Å²) < 4.78 is 34.3. The number of nitrogens with zero attached hydrogens (tertiary/aromatic N) is 1. The Kier molecular flexibility index (Phi) is 5.43. The minimum atomic E-state index is -3.35. The van der Waals surface area contributed by atoms with Crippen molar-refractivity contribution in [2.24, 2.45) is 0 Å². The lowest BCUT2D eigenvalue weighted by Gasteiger charge is -2.28. The zero-order chi connectivity index (χ0) is 19.6. The van der Waals surface area contributed by atoms with E-state index < -0.39 is 15.9 Å². The first-order chi connectivity index (χ1) is 12.8. The minimum absolute atomic E-state index is 0.178. The highest BCUT2D eigenvalue weighted by Crippen LogP contribution is 2.29. The molecule has 0 aromatic heterocycles. The zero-order valence-corrected chi connectivity index (χ0v) is 16.3. The molecule has 8 heteroatoms. The van der Waals surface area contributed by atoms with Crippen molar-refractivity contribution in [3.8, 4) is 11.5 Å². The fourth-order valence-corrected chi connectivity index (χ4v) is 4.25. The van der Waals surface area contributed by atoms with Crippen LogP contribution >= 0.6 is 11.6 Å². The second-order valence-corrected chi connectivity index (χ2v) is 8.35. The second kappa shape index (κ2) is 7.62. The summed E-state index contributed by atoms with van der Waals surface area (Å²) >= 11 is 5.95. The van der Waals surface area contributed by atoms with Gasteiger partial charge in [0, 0.05) is 27.7 Å². The van der Waals surface area contributed by atoms with Crippen LogP contribution in [0.1, 0.15) is 10.4 Å². The van der Waals surface area contributed by atoms with E-state index in [0.717, 1.165) is 5.41 Å². The van der Waals surface area contributed by atoms with Gasteiger partial charge in [-0.3, -0.25) is 4.79 Å². The molecule has 1 heterocycles. The number of anilines is 1. The summed E-state index contributed by atoms with van der Waals surface area (Å²) in [5, 5.41) is 1.66. The number of benzene rings is 2. The van der Waals surface area contributed by atoms with E-state index in [1.54, 1.807) is 42.5 Å². The topological polar surface area (TPSA) is 72.9 Å². The maximum absolute atomic E-state index is 13.3. The van der Waals surface area contributed by atoms with E-state index in [1.165, 1.54) is 25.2 Å². The quantitative estimate of drug-likeness (QED) is 0.760. The fraction of sp³-hybridized carbons (Fsp3) is 0.211. The number of rotatable bonds is 5. The van der Waals surface area contributed by atoms with Crippen LogP contribution < -0.4 is 14.4 Å². The van der Waals surface area contributed by atoms with Gasteiger partial charge in [-0.15, -0.1) is 0 Å². The Morgan fingerprint density at radius 1 is 1.07 bits per heavy atom. The lowest BCUT2D eigenvalue weighted by atomic mass is 10.1. The molecule has 1 amide bonds. The van der Waals surface area contributed by atoms with Crippen molar-refractivity contribution >= 4 is 33.0 Å². The zero-order valence-electron chi connectivity index (χ0n) is 14.8. The van der Waals surface area contributed by atoms with Gasteiger partial charge in [-0.05, 0) is 42.5 Å². The Labute approximate surface area is 162 Å². The molecule has 0 radical (unpaired) electrons. The summed E-state index contributed by atoms with van der Waals surface area (Å²) in [6.07, 6.45) is 1.51. The Morgan fingerprint density at radius 3 is 2.15 bits per heavy atom. The molecule has 1 atom stereocenters. The van der Waals surface area contributed by atoms with E-state index in [-0.39, 0.29) is 11.7 Å². The fourth-order valence-electron chi connectivity index (χ4n) is 2.85. The third-order valence-electron chi connectivity index (χ3n) is 4.16. The predicted octanol–water partition coefficient (Wildman–Crippen LogP) is 3.31. The van der Waals surface area contributed by atoms with Crippen molar-refractivity contribution in [3.05, 3.63) is 64.5 Å². The minimum Gasteiger partial charge on any atom is -0.497 e. The SMILES string of the molecule is COc1cc(OC)cc(C(=O)N(c2ccc(Cl)cc2)C2C=CS(=O)(=O)C2)c1. The Bertz CT molecular complexity index is 963. The Balaban J connectivity index is 2.06. The average Bonchev–Trinajstić information content (AvgIpc) is 3.02. The molecule has 0 fully saturated rings. The number of carbonyl (C=O) groups is 1. The standard InChI is InChI=1S/C19H18ClNO5S/c1-25-17-9-13(10-18(11-17)26-2)19(22)21(15-5-3-14(20)4-6-15)16-7-8-27(23,24)12-16/h3-11,16H,12H2,1-2H3. The summed E-state index contributed by atoms with van der Waals surface area (Å²) in [4.78, 5) is 14.8. The van der Waals surface area contributed by atoms with Gasteiger partial charge in [-0.2, -0.15) is 0 Å². The van der Waals surface area contributed by atoms with Crippen LogP contribution in [0.3, 0.4) is 0 Å². The average molecular weight is 408 g/mol. The Morgan fingerprint density at radius 2 is 1.67 bits per heavy atom. The molecule has 1 aliphatic heterocycles. The number of halogens is 1. The van der Waals surface area contributed by atoms with Gasteiger partial charge in [0.05, 0.1) is 26.0 Å². The molecule has 2 aromatic carbocycles. The van der Waals surface area contributed by atoms with Gasteiger partial charge in [0.1, 0.15) is 11.5 Å². The molecule has 142 valence electrons. The van der Waals surface area contributed by atoms with E-state index in [4.69, 9.17) is 21.1 Å². The number of hydrogen-bond acceptors (Lipinski definition) is 5. The van der Waals surface area contributed by atoms with Crippen molar-refractivity contribution in [1.82, 2.24) is 0 Å². The van der Waals surface area contributed by atoms with Crippen LogP contribution in [0.4, 0.5) is 5.69 Å². The normalized spacial score (nSPS) is 17.5. The van der Waals surface area contributed by atoms with Crippen molar-refractivity contribution in [3.63, 3.8) is 0 Å². The molecular formula is C19H18ClNO5S. The highest BCUT2D eigenvalue weighted by molar-refractivity contribution is 7.94. The van der Waals surface area contributed by atoms with E-state index in [9.17, 15) is 13.2 Å². The number of methoxy groups -OCH3 is 2. The van der Waals surface area contributed by atoms with E-state index in [2.05, 4.69) is 0 Å².